The molecule has 1 N–H and O–H groups in total. The van der Waals surface area contributed by atoms with Crippen molar-refractivity contribution in [2.24, 2.45) is 0 Å². The van der Waals surface area contributed by atoms with Crippen molar-refractivity contribution in [2.45, 2.75) is 12.3 Å². The molecule has 0 amide bonds. The van der Waals surface area contributed by atoms with Crippen LogP contribution in [0.4, 0.5) is 0 Å². The molecule has 0 unspecified atom stereocenters. The smallest absolute Gasteiger partial charge is 0.0988 e. The van der Waals surface area contributed by atoms with Gasteiger partial charge in [-0.25, -0.2) is 10.1 Å². The highest BCUT2D eigenvalue weighted by Gasteiger charge is 2.29. The topological polar surface area (TPSA) is 38.7 Å². The van der Waals surface area contributed by atoms with Gasteiger partial charge in [-0.05, 0) is 18.1 Å². The summed E-state index contributed by atoms with van der Waals surface area (Å²) in [4.78, 5) is 4.76. The molecule has 3 nitrogen and oxygen atoms in total. The number of rotatable bonds is 5. The van der Waals surface area contributed by atoms with Gasteiger partial charge in [-0.2, -0.15) is 0 Å². The summed E-state index contributed by atoms with van der Waals surface area (Å²) in [5, 5.41) is 12.2. The zero-order chi connectivity index (χ0) is 12.8. The molecule has 0 saturated carbocycles. The number of benzene rings is 2. The second-order valence-electron chi connectivity index (χ2n) is 4.40. The molecule has 0 aliphatic heterocycles. The van der Waals surface area contributed by atoms with E-state index in [0.717, 1.165) is 11.1 Å². The van der Waals surface area contributed by atoms with Gasteiger partial charge in [-0.1, -0.05) is 65.7 Å². The minimum absolute atomic E-state index is 0.234. The Kier molecular flexibility index (Phi) is 4.10. The van der Waals surface area contributed by atoms with Crippen LogP contribution in [0, 0.1) is 0 Å². The van der Waals surface area contributed by atoms with Crippen molar-refractivity contribution in [3.63, 3.8) is 0 Å². The maximum Gasteiger partial charge on any atom is 0.0988 e. The zero-order valence-corrected chi connectivity index (χ0v) is 10.2. The minimum Gasteiger partial charge on any atom is -0.221 e. The molecule has 2 rings (SSSR count). The Morgan fingerprint density at radius 2 is 1.33 bits per heavy atom. The van der Waals surface area contributed by atoms with E-state index in [1.807, 2.05) is 60.7 Å². The Morgan fingerprint density at radius 1 is 0.889 bits per heavy atom. The van der Waals surface area contributed by atoms with E-state index in [9.17, 15) is 0 Å². The van der Waals surface area contributed by atoms with Crippen molar-refractivity contribution in [2.75, 3.05) is 6.61 Å². The Morgan fingerprint density at radius 3 is 1.72 bits per heavy atom. The Labute approximate surface area is 106 Å². The van der Waals surface area contributed by atoms with Gasteiger partial charge in [0.05, 0.1) is 6.61 Å². The van der Waals surface area contributed by atoms with E-state index in [1.54, 1.807) is 0 Å². The third-order valence-electron chi connectivity index (χ3n) is 3.22. The molecule has 3 heteroatoms. The highest BCUT2D eigenvalue weighted by molar-refractivity contribution is 5.38. The summed E-state index contributed by atoms with van der Waals surface area (Å²) in [5.41, 5.74) is 1.84. The fourth-order valence-electron chi connectivity index (χ4n) is 2.09. The molecular weight excluding hydrogens is 228 g/mol. The largest absolute Gasteiger partial charge is 0.221 e. The van der Waals surface area contributed by atoms with Crippen LogP contribution < -0.4 is 0 Å². The van der Waals surface area contributed by atoms with Crippen LogP contribution in [-0.2, 0) is 15.3 Å². The van der Waals surface area contributed by atoms with E-state index in [-0.39, 0.29) is 12.0 Å². The lowest BCUT2D eigenvalue weighted by Crippen LogP contribution is -2.29. The summed E-state index contributed by atoms with van der Waals surface area (Å²) in [5.74, 6) is 0. The van der Waals surface area contributed by atoms with Gasteiger partial charge in [0.1, 0.15) is 0 Å². The third-order valence-corrected chi connectivity index (χ3v) is 3.22. The Bertz CT molecular complexity index is 428. The lowest BCUT2D eigenvalue weighted by atomic mass is 9.77. The molecule has 0 atom stereocenters. The molecule has 0 aliphatic carbocycles. The lowest BCUT2D eigenvalue weighted by Gasteiger charge is -2.29. The first-order chi connectivity index (χ1) is 8.77. The van der Waals surface area contributed by atoms with Crippen LogP contribution in [0.2, 0.25) is 0 Å². The Hall–Kier alpha value is -1.68. The Balaban J connectivity index is 2.41. The van der Waals surface area contributed by atoms with Crippen molar-refractivity contribution in [1.29, 1.82) is 0 Å². The first-order valence-electron chi connectivity index (χ1n) is 5.81. The molecule has 0 heterocycles. The van der Waals surface area contributed by atoms with Crippen LogP contribution in [-0.4, -0.2) is 11.9 Å². The van der Waals surface area contributed by atoms with Gasteiger partial charge in [0.25, 0.3) is 0 Å². The monoisotopic (exact) mass is 244 g/mol. The van der Waals surface area contributed by atoms with E-state index in [4.69, 9.17) is 10.1 Å². The van der Waals surface area contributed by atoms with Crippen LogP contribution in [0.1, 0.15) is 18.1 Å². The highest BCUT2D eigenvalue weighted by Crippen LogP contribution is 2.32. The normalized spacial score (nSPS) is 11.4. The van der Waals surface area contributed by atoms with Crippen LogP contribution in [0.5, 0.6) is 0 Å². The summed E-state index contributed by atoms with van der Waals surface area (Å²) in [6.07, 6.45) is 0. The molecule has 18 heavy (non-hydrogen) atoms. The van der Waals surface area contributed by atoms with Gasteiger partial charge in [0.2, 0.25) is 0 Å². The van der Waals surface area contributed by atoms with E-state index in [0.29, 0.717) is 0 Å². The SMILES string of the molecule is CC(COOO)(c1ccccc1)c1ccccc1. The van der Waals surface area contributed by atoms with Crippen molar-refractivity contribution in [1.82, 2.24) is 0 Å². The molecular formula is C15H16O3. The quantitative estimate of drug-likeness (QED) is 0.647. The highest BCUT2D eigenvalue weighted by atomic mass is 17.5. The fourth-order valence-corrected chi connectivity index (χ4v) is 2.09. The standard InChI is InChI=1S/C15H16O3/c1-15(12-17-18-16,13-8-4-2-5-9-13)14-10-6-3-7-11-14/h2-11,16H,12H2,1H3. The lowest BCUT2D eigenvalue weighted by molar-refractivity contribution is -0.493. The van der Waals surface area contributed by atoms with E-state index < -0.39 is 0 Å². The molecule has 2 aromatic carbocycles. The molecule has 0 saturated heterocycles. The predicted octanol–water partition coefficient (Wildman–Crippen LogP) is 3.41. The predicted molar refractivity (Wildman–Crippen MR) is 69.0 cm³/mol. The van der Waals surface area contributed by atoms with Crippen molar-refractivity contribution >= 4 is 0 Å². The second kappa shape index (κ2) is 5.78. The summed E-state index contributed by atoms with van der Waals surface area (Å²) >= 11 is 0. The molecule has 2 aromatic rings. The third kappa shape index (κ3) is 2.59. The number of hydrogen-bond donors (Lipinski definition) is 1. The van der Waals surface area contributed by atoms with Crippen LogP contribution in [0.3, 0.4) is 0 Å². The van der Waals surface area contributed by atoms with Crippen molar-refractivity contribution in [3.8, 4) is 0 Å². The van der Waals surface area contributed by atoms with Gasteiger partial charge in [0.15, 0.2) is 0 Å². The average molecular weight is 244 g/mol. The van der Waals surface area contributed by atoms with Crippen LogP contribution in [0.15, 0.2) is 60.7 Å². The maximum atomic E-state index is 8.40. The maximum absolute atomic E-state index is 8.40. The van der Waals surface area contributed by atoms with Gasteiger partial charge >= 0.3 is 0 Å². The van der Waals surface area contributed by atoms with Gasteiger partial charge < -0.3 is 0 Å². The van der Waals surface area contributed by atoms with E-state index in [2.05, 4.69) is 12.0 Å². The van der Waals surface area contributed by atoms with Crippen LogP contribution >= 0.6 is 0 Å². The van der Waals surface area contributed by atoms with Crippen molar-refractivity contribution < 1.29 is 15.2 Å². The minimum atomic E-state index is -0.370. The van der Waals surface area contributed by atoms with Crippen LogP contribution in [0.25, 0.3) is 0 Å². The first kappa shape index (κ1) is 12.8. The molecule has 0 aromatic heterocycles. The molecule has 0 fully saturated rings. The second-order valence-corrected chi connectivity index (χ2v) is 4.40. The molecule has 0 spiro atoms. The molecule has 0 bridgehead atoms. The van der Waals surface area contributed by atoms with Gasteiger partial charge in [0, 0.05) is 5.41 Å². The first-order valence-corrected chi connectivity index (χ1v) is 5.81. The van der Waals surface area contributed by atoms with E-state index >= 15 is 0 Å². The van der Waals surface area contributed by atoms with Crippen molar-refractivity contribution in [3.05, 3.63) is 71.8 Å². The summed E-state index contributed by atoms with van der Waals surface area (Å²) in [6, 6.07) is 20.0. The molecule has 0 aliphatic rings. The summed E-state index contributed by atoms with van der Waals surface area (Å²) < 4.78 is 0. The van der Waals surface area contributed by atoms with Gasteiger partial charge in [-0.15, -0.1) is 0 Å². The number of hydrogen-bond acceptors (Lipinski definition) is 3. The fraction of sp³-hybridized carbons (Fsp3) is 0.200. The average Bonchev–Trinajstić information content (AvgIpc) is 2.46. The van der Waals surface area contributed by atoms with Gasteiger partial charge in [-0.3, -0.25) is 0 Å². The summed E-state index contributed by atoms with van der Waals surface area (Å²) in [6.45, 7) is 2.29. The summed E-state index contributed by atoms with van der Waals surface area (Å²) in [7, 11) is 0. The van der Waals surface area contributed by atoms with E-state index in [1.165, 1.54) is 0 Å². The molecule has 0 radical (unpaired) electrons. The zero-order valence-electron chi connectivity index (χ0n) is 10.2. The molecule has 94 valence electrons.